The molecule has 0 atom stereocenters. The predicted octanol–water partition coefficient (Wildman–Crippen LogP) is 4.60. The second-order valence-corrected chi connectivity index (χ2v) is 7.07. The van der Waals surface area contributed by atoms with Gasteiger partial charge in [-0.1, -0.05) is 42.5 Å². The molecule has 1 aliphatic heterocycles. The molecule has 27 heavy (non-hydrogen) atoms. The zero-order chi connectivity index (χ0) is 18.4. The molecule has 6 heteroatoms. The summed E-state index contributed by atoms with van der Waals surface area (Å²) in [5.74, 6) is -0.543. The number of nitrogens with one attached hydrogen (secondary N) is 1. The van der Waals surface area contributed by atoms with Crippen molar-refractivity contribution in [2.75, 3.05) is 4.90 Å². The van der Waals surface area contributed by atoms with Crippen molar-refractivity contribution in [3.63, 3.8) is 0 Å². The normalized spacial score (nSPS) is 13.9. The molecule has 5 nitrogen and oxygen atoms in total. The van der Waals surface area contributed by atoms with Crippen LogP contribution in [0.5, 0.6) is 0 Å². The molecular weight excluding hydrogens is 358 g/mol. The lowest BCUT2D eigenvalue weighted by Gasteiger charge is -2.16. The number of hydrogen-bond donors (Lipinski definition) is 1. The number of thiophene rings is 1. The zero-order valence-electron chi connectivity index (χ0n) is 14.0. The second kappa shape index (κ2) is 6.03. The van der Waals surface area contributed by atoms with Crippen molar-refractivity contribution in [2.24, 2.45) is 0 Å². The highest BCUT2D eigenvalue weighted by Gasteiger charge is 2.38. The molecule has 1 aliphatic rings. The number of carbonyl (C=O) groups excluding carboxylic acids is 2. The minimum Gasteiger partial charge on any atom is -0.277 e. The van der Waals surface area contributed by atoms with E-state index < -0.39 is 0 Å². The first kappa shape index (κ1) is 15.7. The highest BCUT2D eigenvalue weighted by molar-refractivity contribution is 7.13. The molecule has 0 unspecified atom stereocenters. The van der Waals surface area contributed by atoms with E-state index in [1.807, 2.05) is 54.6 Å². The van der Waals surface area contributed by atoms with E-state index in [0.717, 1.165) is 22.2 Å². The van der Waals surface area contributed by atoms with E-state index in [1.54, 1.807) is 17.5 Å². The lowest BCUT2D eigenvalue weighted by Crippen LogP contribution is -2.30. The molecule has 0 spiro atoms. The van der Waals surface area contributed by atoms with Gasteiger partial charge in [-0.2, -0.15) is 5.10 Å². The molecular formula is C21H13N3O2S. The van der Waals surface area contributed by atoms with Gasteiger partial charge in [0, 0.05) is 5.39 Å². The summed E-state index contributed by atoms with van der Waals surface area (Å²) >= 11 is 1.30. The summed E-state index contributed by atoms with van der Waals surface area (Å²) in [6.45, 7) is 0. The van der Waals surface area contributed by atoms with E-state index in [2.05, 4.69) is 10.2 Å². The predicted molar refractivity (Wildman–Crippen MR) is 107 cm³/mol. The summed E-state index contributed by atoms with van der Waals surface area (Å²) in [4.78, 5) is 27.2. The number of aromatic amines is 1. The van der Waals surface area contributed by atoms with Crippen LogP contribution in [0.1, 0.15) is 31.3 Å². The van der Waals surface area contributed by atoms with Crippen LogP contribution in [0.15, 0.2) is 60.0 Å². The van der Waals surface area contributed by atoms with Crippen molar-refractivity contribution in [3.05, 3.63) is 81.7 Å². The van der Waals surface area contributed by atoms with Crippen LogP contribution in [0.2, 0.25) is 0 Å². The van der Waals surface area contributed by atoms with Crippen LogP contribution in [-0.4, -0.2) is 22.0 Å². The number of benzene rings is 2. The number of hydrogen-bond acceptors (Lipinski definition) is 4. The van der Waals surface area contributed by atoms with Crippen molar-refractivity contribution in [1.29, 1.82) is 0 Å². The number of aromatic nitrogens is 2. The maximum Gasteiger partial charge on any atom is 0.276 e. The maximum absolute atomic E-state index is 12.7. The van der Waals surface area contributed by atoms with Gasteiger partial charge in [0.1, 0.15) is 4.88 Å². The van der Waals surface area contributed by atoms with E-state index in [-0.39, 0.29) is 11.8 Å². The lowest BCUT2D eigenvalue weighted by molar-refractivity contribution is 0.0927. The monoisotopic (exact) mass is 371 g/mol. The molecule has 0 bridgehead atoms. The number of amides is 2. The summed E-state index contributed by atoms with van der Waals surface area (Å²) in [7, 11) is 0. The Bertz CT molecular complexity index is 1200. The summed E-state index contributed by atoms with van der Waals surface area (Å²) in [6, 6.07) is 17.0. The molecule has 0 saturated carbocycles. The van der Waals surface area contributed by atoms with Crippen LogP contribution in [0.3, 0.4) is 0 Å². The van der Waals surface area contributed by atoms with Gasteiger partial charge in [0.05, 0.1) is 22.5 Å². The van der Waals surface area contributed by atoms with E-state index in [9.17, 15) is 9.59 Å². The SMILES string of the molecule is O=C1c2ccsc2C(=O)N1c1ccccc1/C=C/c1n[nH]c2ccccc12. The summed E-state index contributed by atoms with van der Waals surface area (Å²) < 4.78 is 0. The Balaban J connectivity index is 1.55. The highest BCUT2D eigenvalue weighted by atomic mass is 32.1. The van der Waals surface area contributed by atoms with Crippen molar-refractivity contribution in [3.8, 4) is 0 Å². The van der Waals surface area contributed by atoms with Crippen LogP contribution in [0.4, 0.5) is 5.69 Å². The third kappa shape index (κ3) is 2.42. The van der Waals surface area contributed by atoms with Gasteiger partial charge in [0.25, 0.3) is 11.8 Å². The van der Waals surface area contributed by atoms with Gasteiger partial charge >= 0.3 is 0 Å². The lowest BCUT2D eigenvalue weighted by atomic mass is 10.1. The number of fused-ring (bicyclic) bond motifs is 2. The van der Waals surface area contributed by atoms with Crippen molar-refractivity contribution < 1.29 is 9.59 Å². The average Bonchev–Trinajstić information content (AvgIpc) is 3.39. The second-order valence-electron chi connectivity index (χ2n) is 6.16. The van der Waals surface area contributed by atoms with Crippen LogP contribution in [0, 0.1) is 0 Å². The van der Waals surface area contributed by atoms with Crippen molar-refractivity contribution in [1.82, 2.24) is 10.2 Å². The fraction of sp³-hybridized carbons (Fsp3) is 0. The average molecular weight is 371 g/mol. The first-order chi connectivity index (χ1) is 13.2. The molecule has 4 aromatic rings. The largest absolute Gasteiger partial charge is 0.277 e. The summed E-state index contributed by atoms with van der Waals surface area (Å²) in [6.07, 6.45) is 3.77. The molecule has 2 aromatic heterocycles. The smallest absolute Gasteiger partial charge is 0.276 e. The maximum atomic E-state index is 12.7. The Kier molecular flexibility index (Phi) is 3.51. The number of rotatable bonds is 3. The third-order valence-corrected chi connectivity index (χ3v) is 5.50. The van der Waals surface area contributed by atoms with Gasteiger partial charge < -0.3 is 0 Å². The number of H-pyrrole nitrogens is 1. The Morgan fingerprint density at radius 3 is 2.63 bits per heavy atom. The number of para-hydroxylation sites is 2. The first-order valence-electron chi connectivity index (χ1n) is 8.40. The van der Waals surface area contributed by atoms with Crippen LogP contribution in [0.25, 0.3) is 23.1 Å². The number of anilines is 1. The molecule has 0 radical (unpaired) electrons. The van der Waals surface area contributed by atoms with Gasteiger partial charge in [-0.25, -0.2) is 4.90 Å². The van der Waals surface area contributed by atoms with Gasteiger partial charge in [0.2, 0.25) is 0 Å². The molecule has 0 fully saturated rings. The molecule has 130 valence electrons. The number of nitrogens with zero attached hydrogens (tertiary/aromatic N) is 2. The molecule has 2 amide bonds. The molecule has 0 saturated heterocycles. The molecule has 3 heterocycles. The Morgan fingerprint density at radius 2 is 1.74 bits per heavy atom. The van der Waals surface area contributed by atoms with Crippen LogP contribution >= 0.6 is 11.3 Å². The topological polar surface area (TPSA) is 66.1 Å². The van der Waals surface area contributed by atoms with Gasteiger partial charge in [0.15, 0.2) is 0 Å². The quantitative estimate of drug-likeness (QED) is 0.536. The molecule has 5 rings (SSSR count). The highest BCUT2D eigenvalue weighted by Crippen LogP contribution is 2.34. The molecule has 0 aliphatic carbocycles. The van der Waals surface area contributed by atoms with Crippen molar-refractivity contribution in [2.45, 2.75) is 0 Å². The van der Waals surface area contributed by atoms with E-state index in [0.29, 0.717) is 16.1 Å². The number of carbonyl (C=O) groups is 2. The standard InChI is InChI=1S/C21H13N3O2S/c25-20-15-11-12-27-19(15)21(26)24(20)18-8-4-1-5-13(18)9-10-17-14-6-2-3-7-16(14)22-23-17/h1-12H,(H,22,23)/b10-9+. The van der Waals surface area contributed by atoms with Gasteiger partial charge in [-0.3, -0.25) is 14.7 Å². The first-order valence-corrected chi connectivity index (χ1v) is 9.28. The zero-order valence-corrected chi connectivity index (χ0v) is 14.9. The minimum atomic E-state index is -0.276. The fourth-order valence-corrected chi connectivity index (χ4v) is 4.10. The molecule has 2 aromatic carbocycles. The summed E-state index contributed by atoms with van der Waals surface area (Å²) in [5, 5.41) is 10.1. The molecule has 1 N–H and O–H groups in total. The summed E-state index contributed by atoms with van der Waals surface area (Å²) in [5.41, 5.74) is 3.59. The number of imide groups is 1. The Labute approximate surface area is 158 Å². The fourth-order valence-electron chi connectivity index (χ4n) is 3.29. The third-order valence-electron chi connectivity index (χ3n) is 4.59. The van der Waals surface area contributed by atoms with Crippen LogP contribution in [-0.2, 0) is 0 Å². The Hall–Kier alpha value is -3.51. The Morgan fingerprint density at radius 1 is 0.926 bits per heavy atom. The van der Waals surface area contributed by atoms with E-state index >= 15 is 0 Å². The van der Waals surface area contributed by atoms with Crippen molar-refractivity contribution >= 4 is 51.9 Å². The van der Waals surface area contributed by atoms with Gasteiger partial charge in [-0.05, 0) is 35.2 Å². The minimum absolute atomic E-state index is 0.268. The van der Waals surface area contributed by atoms with Crippen LogP contribution < -0.4 is 4.90 Å². The van der Waals surface area contributed by atoms with Gasteiger partial charge in [-0.15, -0.1) is 11.3 Å². The van der Waals surface area contributed by atoms with E-state index in [4.69, 9.17) is 0 Å². The van der Waals surface area contributed by atoms with E-state index in [1.165, 1.54) is 16.2 Å².